The molecule has 1 amide bonds. The molecule has 0 radical (unpaired) electrons. The van der Waals surface area contributed by atoms with Gasteiger partial charge in [-0.25, -0.2) is 13.4 Å². The van der Waals surface area contributed by atoms with E-state index in [1.54, 1.807) is 41.3 Å². The highest BCUT2D eigenvalue weighted by atomic mass is 35.5. The van der Waals surface area contributed by atoms with Gasteiger partial charge in [0.2, 0.25) is 0 Å². The number of aryl methyl sites for hydroxylation is 1. The molecule has 41 heavy (non-hydrogen) atoms. The van der Waals surface area contributed by atoms with Crippen LogP contribution in [0.5, 0.6) is 0 Å². The summed E-state index contributed by atoms with van der Waals surface area (Å²) in [4.78, 5) is 22.9. The fraction of sp³-hybridized carbons (Fsp3) is 0.333. The maximum Gasteiger partial charge on any atom is 0.264 e. The number of para-hydroxylation sites is 1. The molecule has 0 atom stereocenters. The second-order valence-corrected chi connectivity index (χ2v) is 12.7. The van der Waals surface area contributed by atoms with Crippen LogP contribution in [0, 0.1) is 0 Å². The Balaban J connectivity index is 0.00000387. The van der Waals surface area contributed by atoms with Gasteiger partial charge in [0.25, 0.3) is 15.9 Å². The van der Waals surface area contributed by atoms with E-state index < -0.39 is 10.0 Å². The fourth-order valence-corrected chi connectivity index (χ4v) is 6.96. The monoisotopic (exact) mass is 614 g/mol. The molecule has 0 spiro atoms. The molecule has 1 fully saturated rings. The molecule has 5 rings (SSSR count). The summed E-state index contributed by atoms with van der Waals surface area (Å²) < 4.78 is 34.2. The molecule has 3 aromatic carbocycles. The highest BCUT2D eigenvalue weighted by Gasteiger charge is 2.25. The number of hydrogen-bond acceptors (Lipinski definition) is 7. The zero-order chi connectivity index (χ0) is 28.1. The van der Waals surface area contributed by atoms with Gasteiger partial charge >= 0.3 is 0 Å². The molecule has 0 unspecified atom stereocenters. The zero-order valence-electron chi connectivity index (χ0n) is 23.2. The average Bonchev–Trinajstić information content (AvgIpc) is 3.42. The van der Waals surface area contributed by atoms with E-state index in [0.717, 1.165) is 55.9 Å². The lowest BCUT2D eigenvalue weighted by molar-refractivity contribution is 0.0376. The summed E-state index contributed by atoms with van der Waals surface area (Å²) in [6.07, 6.45) is 1.72. The number of amides is 1. The Hall–Kier alpha value is -3.02. The van der Waals surface area contributed by atoms with Crippen molar-refractivity contribution in [1.82, 2.24) is 9.88 Å². The van der Waals surface area contributed by atoms with E-state index in [2.05, 4.69) is 24.0 Å². The van der Waals surface area contributed by atoms with E-state index in [0.29, 0.717) is 22.9 Å². The molecule has 8 nitrogen and oxygen atoms in total. The van der Waals surface area contributed by atoms with Gasteiger partial charge in [0, 0.05) is 38.8 Å². The highest BCUT2D eigenvalue weighted by molar-refractivity contribution is 7.92. The van der Waals surface area contributed by atoms with Crippen molar-refractivity contribution in [3.8, 4) is 0 Å². The predicted octanol–water partition coefficient (Wildman–Crippen LogP) is 5.47. The summed E-state index contributed by atoms with van der Waals surface area (Å²) >= 11 is 1.51. The summed E-state index contributed by atoms with van der Waals surface area (Å²) in [5.41, 5.74) is 3.08. The summed E-state index contributed by atoms with van der Waals surface area (Å²) in [6.45, 7) is 6.73. The maximum atomic E-state index is 13.8. The molecule has 0 saturated carbocycles. The predicted molar refractivity (Wildman–Crippen MR) is 168 cm³/mol. The van der Waals surface area contributed by atoms with Gasteiger partial charge in [-0.1, -0.05) is 42.5 Å². The molecule has 218 valence electrons. The van der Waals surface area contributed by atoms with Crippen molar-refractivity contribution in [3.05, 3.63) is 83.9 Å². The van der Waals surface area contributed by atoms with Gasteiger partial charge in [-0.05, 0) is 66.9 Å². The number of anilines is 2. The van der Waals surface area contributed by atoms with Crippen LogP contribution in [0.4, 0.5) is 10.8 Å². The first-order chi connectivity index (χ1) is 19.4. The second-order valence-electron chi connectivity index (χ2n) is 9.75. The third-order valence-corrected chi connectivity index (χ3v) is 10.0. The molecule has 0 bridgehead atoms. The smallest absolute Gasteiger partial charge is 0.264 e. The van der Waals surface area contributed by atoms with Crippen molar-refractivity contribution in [1.29, 1.82) is 0 Å². The van der Waals surface area contributed by atoms with Crippen molar-refractivity contribution in [2.75, 3.05) is 55.6 Å². The standard InChI is InChI=1S/C30H34N4O4S2.ClH/c1-3-23-10-15-27-28(22-23)39-30(31-27)34(17-7-16-33-18-20-38-21-19-33)29(35)24-11-13-26(14-12-24)40(36,37)32(2)25-8-5-4-6-9-25;/h4-6,8-15,22H,3,7,16-21H2,1-2H3;1H. The Bertz CT molecular complexity index is 1560. The number of benzene rings is 3. The van der Waals surface area contributed by atoms with E-state index in [1.165, 1.54) is 40.4 Å². The van der Waals surface area contributed by atoms with Crippen LogP contribution in [-0.4, -0.2) is 70.6 Å². The number of ether oxygens (including phenoxy) is 1. The van der Waals surface area contributed by atoms with E-state index in [1.807, 2.05) is 12.1 Å². The summed E-state index contributed by atoms with van der Waals surface area (Å²) in [6, 6.07) is 21.3. The molecular weight excluding hydrogens is 580 g/mol. The van der Waals surface area contributed by atoms with Crippen LogP contribution in [0.1, 0.15) is 29.3 Å². The number of carbonyl (C=O) groups is 1. The van der Waals surface area contributed by atoms with Crippen LogP contribution in [0.2, 0.25) is 0 Å². The molecule has 11 heteroatoms. The van der Waals surface area contributed by atoms with Crippen LogP contribution in [-0.2, 0) is 21.2 Å². The van der Waals surface area contributed by atoms with Crippen molar-refractivity contribution < 1.29 is 17.9 Å². The number of thiazole rings is 1. The molecule has 1 aromatic heterocycles. The first-order valence-corrected chi connectivity index (χ1v) is 15.8. The van der Waals surface area contributed by atoms with Gasteiger partial charge in [0.05, 0.1) is 34.0 Å². The molecule has 2 heterocycles. The van der Waals surface area contributed by atoms with Gasteiger partial charge in [-0.2, -0.15) is 0 Å². The van der Waals surface area contributed by atoms with Crippen LogP contribution < -0.4 is 9.21 Å². The van der Waals surface area contributed by atoms with Gasteiger partial charge in [0.15, 0.2) is 5.13 Å². The Labute approximate surface area is 252 Å². The third kappa shape index (κ3) is 7.07. The molecule has 1 saturated heterocycles. The van der Waals surface area contributed by atoms with Crippen molar-refractivity contribution >= 4 is 60.7 Å². The van der Waals surface area contributed by atoms with E-state index >= 15 is 0 Å². The lowest BCUT2D eigenvalue weighted by Crippen LogP contribution is -2.39. The Morgan fingerprint density at radius 2 is 1.73 bits per heavy atom. The number of rotatable bonds is 10. The van der Waals surface area contributed by atoms with Crippen LogP contribution in [0.3, 0.4) is 0 Å². The number of hydrogen-bond donors (Lipinski definition) is 0. The number of aromatic nitrogens is 1. The van der Waals surface area contributed by atoms with Crippen molar-refractivity contribution in [3.63, 3.8) is 0 Å². The molecular formula is C30H35ClN4O4S2. The Kier molecular flexibility index (Phi) is 10.4. The van der Waals surface area contributed by atoms with E-state index in [4.69, 9.17) is 9.72 Å². The summed E-state index contributed by atoms with van der Waals surface area (Å²) in [7, 11) is -2.25. The average molecular weight is 615 g/mol. The normalized spacial score (nSPS) is 14.0. The number of carbonyl (C=O) groups excluding carboxylic acids is 1. The van der Waals surface area contributed by atoms with E-state index in [9.17, 15) is 13.2 Å². The third-order valence-electron chi connectivity index (χ3n) is 7.17. The van der Waals surface area contributed by atoms with Gasteiger partial charge in [-0.15, -0.1) is 12.4 Å². The lowest BCUT2D eigenvalue weighted by atomic mass is 10.2. The largest absolute Gasteiger partial charge is 0.379 e. The lowest BCUT2D eigenvalue weighted by Gasteiger charge is -2.27. The summed E-state index contributed by atoms with van der Waals surface area (Å²) in [5.74, 6) is -0.197. The quantitative estimate of drug-likeness (QED) is 0.235. The SMILES string of the molecule is CCc1ccc2nc(N(CCCN3CCOCC3)C(=O)c3ccc(S(=O)(=O)N(C)c4ccccc4)cc3)sc2c1.Cl. The highest BCUT2D eigenvalue weighted by Crippen LogP contribution is 2.31. The van der Waals surface area contributed by atoms with E-state index in [-0.39, 0.29) is 23.2 Å². The number of nitrogens with zero attached hydrogens (tertiary/aromatic N) is 4. The van der Waals surface area contributed by atoms with Crippen LogP contribution >= 0.6 is 23.7 Å². The van der Waals surface area contributed by atoms with Crippen LogP contribution in [0.15, 0.2) is 77.7 Å². The number of halogens is 1. The second kappa shape index (κ2) is 13.8. The van der Waals surface area contributed by atoms with Gasteiger partial charge in [0.1, 0.15) is 0 Å². The van der Waals surface area contributed by atoms with Crippen molar-refractivity contribution in [2.24, 2.45) is 0 Å². The first-order valence-electron chi connectivity index (χ1n) is 13.5. The van der Waals surface area contributed by atoms with Gasteiger partial charge < -0.3 is 4.74 Å². The first kappa shape index (κ1) is 30.9. The zero-order valence-corrected chi connectivity index (χ0v) is 25.7. The minimum atomic E-state index is -3.78. The minimum Gasteiger partial charge on any atom is -0.379 e. The van der Waals surface area contributed by atoms with Gasteiger partial charge in [-0.3, -0.25) is 18.9 Å². The molecule has 0 N–H and O–H groups in total. The van der Waals surface area contributed by atoms with Crippen LogP contribution in [0.25, 0.3) is 10.2 Å². The number of morpholine rings is 1. The Morgan fingerprint density at radius 3 is 2.41 bits per heavy atom. The topological polar surface area (TPSA) is 83.0 Å². The fourth-order valence-electron chi connectivity index (χ4n) is 4.71. The summed E-state index contributed by atoms with van der Waals surface area (Å²) in [5, 5.41) is 0.649. The molecule has 1 aliphatic heterocycles. The molecule has 1 aliphatic rings. The number of sulfonamides is 1. The molecule has 0 aliphatic carbocycles. The minimum absolute atomic E-state index is 0. The maximum absolute atomic E-state index is 13.8. The molecule has 4 aromatic rings. The number of fused-ring (bicyclic) bond motifs is 1. The van der Waals surface area contributed by atoms with Crippen molar-refractivity contribution in [2.45, 2.75) is 24.7 Å². The Morgan fingerprint density at radius 1 is 1.02 bits per heavy atom.